The van der Waals surface area contributed by atoms with Crippen LogP contribution in [0.5, 0.6) is 0 Å². The van der Waals surface area contributed by atoms with Gasteiger partial charge in [0.1, 0.15) is 11.9 Å². The van der Waals surface area contributed by atoms with Crippen molar-refractivity contribution in [3.05, 3.63) is 83.7 Å². The molecule has 3 aromatic rings. The van der Waals surface area contributed by atoms with Gasteiger partial charge in [-0.25, -0.2) is 4.98 Å². The SMILES string of the molecule is Cc1ccc([C@@H](NC(=O)[C@@H](C)n2ccnc2C(C)C)c2cccnc2)cc1. The van der Waals surface area contributed by atoms with Crippen molar-refractivity contribution in [3.63, 3.8) is 0 Å². The summed E-state index contributed by atoms with van der Waals surface area (Å²) < 4.78 is 1.94. The Balaban J connectivity index is 1.88. The van der Waals surface area contributed by atoms with E-state index in [0.29, 0.717) is 0 Å². The Morgan fingerprint density at radius 3 is 2.41 bits per heavy atom. The molecule has 0 bridgehead atoms. The Hall–Kier alpha value is -2.95. The Labute approximate surface area is 160 Å². The molecule has 0 spiro atoms. The second-order valence-electron chi connectivity index (χ2n) is 7.16. The first-order valence-electron chi connectivity index (χ1n) is 9.27. The fourth-order valence-electron chi connectivity index (χ4n) is 3.15. The van der Waals surface area contributed by atoms with Crippen LogP contribution in [-0.2, 0) is 4.79 Å². The van der Waals surface area contributed by atoms with Crippen molar-refractivity contribution in [3.8, 4) is 0 Å². The minimum absolute atomic E-state index is 0.0515. The third-order valence-corrected chi connectivity index (χ3v) is 4.73. The van der Waals surface area contributed by atoms with E-state index in [1.54, 1.807) is 18.6 Å². The molecule has 0 saturated carbocycles. The van der Waals surface area contributed by atoms with Crippen molar-refractivity contribution < 1.29 is 4.79 Å². The molecule has 2 aromatic heterocycles. The number of amides is 1. The summed E-state index contributed by atoms with van der Waals surface area (Å²) in [5, 5.41) is 3.20. The molecule has 0 aliphatic heterocycles. The molecular formula is C22H26N4O. The van der Waals surface area contributed by atoms with E-state index in [1.165, 1.54) is 5.56 Å². The van der Waals surface area contributed by atoms with Gasteiger partial charge in [0.15, 0.2) is 0 Å². The van der Waals surface area contributed by atoms with Gasteiger partial charge in [-0.15, -0.1) is 0 Å². The van der Waals surface area contributed by atoms with E-state index in [-0.39, 0.29) is 23.9 Å². The molecule has 3 rings (SSSR count). The van der Waals surface area contributed by atoms with Crippen molar-refractivity contribution in [1.82, 2.24) is 19.9 Å². The number of aromatic nitrogens is 3. The number of carbonyl (C=O) groups excluding carboxylic acids is 1. The van der Waals surface area contributed by atoms with Gasteiger partial charge in [-0.1, -0.05) is 49.7 Å². The number of aryl methyl sites for hydroxylation is 1. The van der Waals surface area contributed by atoms with Gasteiger partial charge in [0.05, 0.1) is 6.04 Å². The van der Waals surface area contributed by atoms with Gasteiger partial charge in [-0.2, -0.15) is 0 Å². The maximum Gasteiger partial charge on any atom is 0.243 e. The quantitative estimate of drug-likeness (QED) is 0.716. The first-order valence-corrected chi connectivity index (χ1v) is 9.27. The smallest absolute Gasteiger partial charge is 0.243 e. The van der Waals surface area contributed by atoms with Gasteiger partial charge in [-0.3, -0.25) is 9.78 Å². The molecule has 0 saturated heterocycles. The second kappa shape index (κ2) is 8.16. The lowest BCUT2D eigenvalue weighted by Gasteiger charge is -2.24. The minimum Gasteiger partial charge on any atom is -0.343 e. The number of pyridine rings is 1. The summed E-state index contributed by atoms with van der Waals surface area (Å²) in [6, 6.07) is 11.5. The molecule has 0 aliphatic rings. The fourth-order valence-corrected chi connectivity index (χ4v) is 3.15. The van der Waals surface area contributed by atoms with E-state index in [9.17, 15) is 4.79 Å². The molecule has 0 radical (unpaired) electrons. The summed E-state index contributed by atoms with van der Waals surface area (Å²) in [7, 11) is 0. The summed E-state index contributed by atoms with van der Waals surface area (Å²) in [6.07, 6.45) is 7.15. The highest BCUT2D eigenvalue weighted by atomic mass is 16.2. The van der Waals surface area contributed by atoms with Crippen molar-refractivity contribution in [1.29, 1.82) is 0 Å². The summed E-state index contributed by atoms with van der Waals surface area (Å²) >= 11 is 0. The molecular weight excluding hydrogens is 336 g/mol. The summed E-state index contributed by atoms with van der Waals surface area (Å²) in [6.45, 7) is 8.11. The Morgan fingerprint density at radius 1 is 1.04 bits per heavy atom. The highest BCUT2D eigenvalue weighted by Crippen LogP contribution is 2.24. The van der Waals surface area contributed by atoms with Gasteiger partial charge in [-0.05, 0) is 31.0 Å². The summed E-state index contributed by atoms with van der Waals surface area (Å²) in [4.78, 5) is 21.7. The van der Waals surface area contributed by atoms with Gasteiger partial charge in [0.2, 0.25) is 5.91 Å². The first kappa shape index (κ1) is 18.8. The van der Waals surface area contributed by atoms with E-state index in [1.807, 2.05) is 29.8 Å². The molecule has 1 N–H and O–H groups in total. The van der Waals surface area contributed by atoms with Crippen molar-refractivity contribution in [2.75, 3.05) is 0 Å². The lowest BCUT2D eigenvalue weighted by Crippen LogP contribution is -2.35. The van der Waals surface area contributed by atoms with Crippen LogP contribution in [-0.4, -0.2) is 20.4 Å². The normalized spacial score (nSPS) is 13.4. The third kappa shape index (κ3) is 4.25. The molecule has 5 heteroatoms. The highest BCUT2D eigenvalue weighted by Gasteiger charge is 2.23. The van der Waals surface area contributed by atoms with Crippen LogP contribution in [0.2, 0.25) is 0 Å². The number of hydrogen-bond acceptors (Lipinski definition) is 3. The molecule has 1 amide bonds. The number of benzene rings is 1. The third-order valence-electron chi connectivity index (χ3n) is 4.73. The standard InChI is InChI=1S/C22H26N4O/c1-15(2)21-24-12-13-26(21)17(4)22(27)25-20(19-6-5-11-23-14-19)18-9-7-16(3)8-10-18/h5-15,17,20H,1-4H3,(H,25,27)/t17-,20-/m1/s1. The predicted octanol–water partition coefficient (Wildman–Crippen LogP) is 4.18. The number of nitrogens with one attached hydrogen (secondary N) is 1. The van der Waals surface area contributed by atoms with E-state index in [0.717, 1.165) is 17.0 Å². The zero-order chi connectivity index (χ0) is 19.4. The zero-order valence-electron chi connectivity index (χ0n) is 16.3. The van der Waals surface area contributed by atoms with Gasteiger partial charge in [0, 0.05) is 30.7 Å². The first-order chi connectivity index (χ1) is 13.0. The molecule has 140 valence electrons. The van der Waals surface area contributed by atoms with E-state index in [4.69, 9.17) is 0 Å². The largest absolute Gasteiger partial charge is 0.343 e. The lowest BCUT2D eigenvalue weighted by atomic mass is 9.98. The van der Waals surface area contributed by atoms with Crippen LogP contribution in [0.15, 0.2) is 61.2 Å². The number of carbonyl (C=O) groups is 1. The topological polar surface area (TPSA) is 59.8 Å². The van der Waals surface area contributed by atoms with Gasteiger partial charge in [0.25, 0.3) is 0 Å². The summed E-state index contributed by atoms with van der Waals surface area (Å²) in [5.74, 6) is 1.11. The van der Waals surface area contributed by atoms with E-state index >= 15 is 0 Å². The number of imidazole rings is 1. The Bertz CT molecular complexity index is 884. The lowest BCUT2D eigenvalue weighted by molar-refractivity contribution is -0.124. The molecule has 1 aromatic carbocycles. The van der Waals surface area contributed by atoms with Crippen LogP contribution in [0.1, 0.15) is 61.3 Å². The molecule has 0 aliphatic carbocycles. The molecule has 2 heterocycles. The van der Waals surface area contributed by atoms with Crippen LogP contribution in [0.25, 0.3) is 0 Å². The predicted molar refractivity (Wildman–Crippen MR) is 106 cm³/mol. The van der Waals surface area contributed by atoms with Crippen LogP contribution >= 0.6 is 0 Å². The molecule has 27 heavy (non-hydrogen) atoms. The molecule has 0 fully saturated rings. The van der Waals surface area contributed by atoms with Crippen LogP contribution in [0, 0.1) is 6.92 Å². The van der Waals surface area contributed by atoms with Crippen LogP contribution in [0.3, 0.4) is 0 Å². The van der Waals surface area contributed by atoms with Gasteiger partial charge < -0.3 is 9.88 Å². The Morgan fingerprint density at radius 2 is 1.78 bits per heavy atom. The number of rotatable bonds is 6. The maximum absolute atomic E-state index is 13.1. The van der Waals surface area contributed by atoms with Crippen molar-refractivity contribution in [2.24, 2.45) is 0 Å². The van der Waals surface area contributed by atoms with Crippen LogP contribution < -0.4 is 5.32 Å². The van der Waals surface area contributed by atoms with E-state index in [2.05, 4.69) is 60.3 Å². The molecule has 0 unspecified atom stereocenters. The van der Waals surface area contributed by atoms with Crippen LogP contribution in [0.4, 0.5) is 0 Å². The Kier molecular flexibility index (Phi) is 5.69. The number of hydrogen-bond donors (Lipinski definition) is 1. The highest BCUT2D eigenvalue weighted by molar-refractivity contribution is 5.81. The zero-order valence-corrected chi connectivity index (χ0v) is 16.3. The number of nitrogens with zero attached hydrogens (tertiary/aromatic N) is 3. The molecule has 5 nitrogen and oxygen atoms in total. The summed E-state index contributed by atoms with van der Waals surface area (Å²) in [5.41, 5.74) is 3.17. The maximum atomic E-state index is 13.1. The molecule has 2 atom stereocenters. The second-order valence-corrected chi connectivity index (χ2v) is 7.16. The monoisotopic (exact) mass is 362 g/mol. The average Bonchev–Trinajstić information content (AvgIpc) is 3.17. The fraction of sp³-hybridized carbons (Fsp3) is 0.318. The van der Waals surface area contributed by atoms with Crippen molar-refractivity contribution >= 4 is 5.91 Å². The minimum atomic E-state index is -0.352. The van der Waals surface area contributed by atoms with Gasteiger partial charge >= 0.3 is 0 Å². The average molecular weight is 362 g/mol. The van der Waals surface area contributed by atoms with E-state index < -0.39 is 0 Å². The van der Waals surface area contributed by atoms with Crippen molar-refractivity contribution in [2.45, 2.75) is 45.7 Å².